The van der Waals surface area contributed by atoms with Crippen molar-refractivity contribution < 1.29 is 24.2 Å². The van der Waals surface area contributed by atoms with Crippen LogP contribution in [0.1, 0.15) is 45.0 Å². The third-order valence-corrected chi connectivity index (χ3v) is 7.37. The van der Waals surface area contributed by atoms with Crippen molar-refractivity contribution in [3.63, 3.8) is 0 Å². The number of nitrogens with one attached hydrogen (secondary N) is 1. The van der Waals surface area contributed by atoms with Crippen molar-refractivity contribution in [2.24, 2.45) is 5.41 Å². The molecule has 2 amide bonds. The number of aliphatic hydroxyl groups is 1. The molecule has 3 aliphatic heterocycles. The molecule has 4 atom stereocenters. The molecule has 0 aliphatic carbocycles. The van der Waals surface area contributed by atoms with Gasteiger partial charge in [0.15, 0.2) is 5.78 Å². The molecule has 0 bridgehead atoms. The molecule has 9 heteroatoms. The number of ether oxygens (including phenoxy) is 1. The topological polar surface area (TPSA) is 102 Å². The Kier molecular flexibility index (Phi) is 7.22. The van der Waals surface area contributed by atoms with E-state index in [4.69, 9.17) is 4.74 Å². The summed E-state index contributed by atoms with van der Waals surface area (Å²) in [5, 5.41) is 13.2. The van der Waals surface area contributed by atoms with Gasteiger partial charge in [0.05, 0.1) is 6.54 Å². The van der Waals surface area contributed by atoms with E-state index in [1.165, 1.54) is 4.90 Å². The number of β-amino-alcohol motifs (C(OH)–C–C–N with tert-alkyl or cyclic N) is 1. The fourth-order valence-electron chi connectivity index (χ4n) is 5.21. The number of likely N-dealkylation sites (tertiary alicyclic amines) is 1. The molecular weight excluding hydrogens is 448 g/mol. The molecule has 3 saturated heterocycles. The number of amides is 2. The largest absolute Gasteiger partial charge is 0.388 e. The first-order valence-electron chi connectivity index (χ1n) is 12.5. The van der Waals surface area contributed by atoms with Crippen LogP contribution in [0.2, 0.25) is 0 Å². The van der Waals surface area contributed by atoms with Crippen LogP contribution in [0, 0.1) is 5.41 Å². The number of nitrogens with zero attached hydrogens (tertiary/aromatic N) is 3. The standard InChI is InChI=1S/C26H38N4O5/c1-16(2)28-10-12-29(13-11-28)18-8-6-17(7-9-18)24(33)27-23(26(3,4)5)25(34)30-14-19(31)22-21(30)20(32)15-35-22/h6-9,16,19,21-23,31H,10-15H2,1-5H3,(H,27,33)/t19-,21-,22-,23?/m1/s1. The summed E-state index contributed by atoms with van der Waals surface area (Å²) in [6.45, 7) is 13.8. The minimum atomic E-state index is -0.915. The first-order valence-corrected chi connectivity index (χ1v) is 12.5. The lowest BCUT2D eigenvalue weighted by molar-refractivity contribution is -0.140. The number of ketones is 1. The number of carbonyl (C=O) groups is 3. The fourth-order valence-corrected chi connectivity index (χ4v) is 5.21. The highest BCUT2D eigenvalue weighted by molar-refractivity contribution is 5.99. The monoisotopic (exact) mass is 486 g/mol. The van der Waals surface area contributed by atoms with Gasteiger partial charge in [-0.15, -0.1) is 0 Å². The molecule has 0 saturated carbocycles. The van der Waals surface area contributed by atoms with E-state index in [2.05, 4.69) is 29.0 Å². The number of aliphatic hydroxyl groups excluding tert-OH is 1. The predicted octanol–water partition coefficient (Wildman–Crippen LogP) is 0.901. The summed E-state index contributed by atoms with van der Waals surface area (Å²) < 4.78 is 5.39. The summed E-state index contributed by atoms with van der Waals surface area (Å²) in [6, 6.07) is 6.35. The first-order chi connectivity index (χ1) is 16.5. The van der Waals surface area contributed by atoms with Crippen molar-refractivity contribution >= 4 is 23.3 Å². The number of Topliss-reactive ketones (excluding diaryl/α,β-unsaturated/α-hetero) is 1. The number of anilines is 1. The van der Waals surface area contributed by atoms with E-state index < -0.39 is 29.7 Å². The second-order valence-corrected chi connectivity index (χ2v) is 11.2. The highest BCUT2D eigenvalue weighted by Gasteiger charge is 2.53. The van der Waals surface area contributed by atoms with Crippen LogP contribution in [0.15, 0.2) is 24.3 Å². The summed E-state index contributed by atoms with van der Waals surface area (Å²) in [4.78, 5) is 45.1. The quantitative estimate of drug-likeness (QED) is 0.638. The van der Waals surface area contributed by atoms with E-state index in [1.807, 2.05) is 32.9 Å². The third-order valence-electron chi connectivity index (χ3n) is 7.37. The van der Waals surface area contributed by atoms with E-state index in [-0.39, 0.29) is 30.7 Å². The van der Waals surface area contributed by atoms with Crippen LogP contribution in [0.3, 0.4) is 0 Å². The normalized spacial score (nSPS) is 26.3. The van der Waals surface area contributed by atoms with Gasteiger partial charge in [0.1, 0.15) is 30.9 Å². The van der Waals surface area contributed by atoms with Gasteiger partial charge in [-0.25, -0.2) is 0 Å². The minimum absolute atomic E-state index is 0.0150. The van der Waals surface area contributed by atoms with E-state index in [0.717, 1.165) is 31.9 Å². The predicted molar refractivity (Wildman–Crippen MR) is 132 cm³/mol. The first kappa shape index (κ1) is 25.6. The van der Waals surface area contributed by atoms with Gasteiger partial charge in [-0.1, -0.05) is 20.8 Å². The number of hydrogen-bond acceptors (Lipinski definition) is 7. The molecule has 1 aromatic rings. The third kappa shape index (κ3) is 5.22. The summed E-state index contributed by atoms with van der Waals surface area (Å²) in [5.74, 6) is -0.945. The van der Waals surface area contributed by atoms with Crippen molar-refractivity contribution in [1.29, 1.82) is 0 Å². The Morgan fingerprint density at radius 1 is 1.09 bits per heavy atom. The molecule has 0 aromatic heterocycles. The number of fused-ring (bicyclic) bond motifs is 1. The molecule has 35 heavy (non-hydrogen) atoms. The van der Waals surface area contributed by atoms with E-state index in [0.29, 0.717) is 11.6 Å². The summed E-state index contributed by atoms with van der Waals surface area (Å²) in [7, 11) is 0. The molecule has 3 heterocycles. The number of carbonyl (C=O) groups excluding carboxylic acids is 3. The zero-order chi connectivity index (χ0) is 25.5. The lowest BCUT2D eigenvalue weighted by Crippen LogP contribution is -2.57. The number of hydrogen-bond donors (Lipinski definition) is 2. The summed E-state index contributed by atoms with van der Waals surface area (Å²) >= 11 is 0. The van der Waals surface area contributed by atoms with Crippen LogP contribution in [0.25, 0.3) is 0 Å². The molecule has 0 spiro atoms. The van der Waals surface area contributed by atoms with Crippen LogP contribution >= 0.6 is 0 Å². The maximum atomic E-state index is 13.5. The van der Waals surface area contributed by atoms with Gasteiger partial charge in [0.25, 0.3) is 5.91 Å². The molecular formula is C26H38N4O5. The highest BCUT2D eigenvalue weighted by atomic mass is 16.5. The number of benzene rings is 1. The van der Waals surface area contributed by atoms with Gasteiger partial charge >= 0.3 is 0 Å². The lowest BCUT2D eigenvalue weighted by atomic mass is 9.85. The zero-order valence-corrected chi connectivity index (χ0v) is 21.4. The van der Waals surface area contributed by atoms with Crippen LogP contribution in [-0.2, 0) is 14.3 Å². The smallest absolute Gasteiger partial charge is 0.251 e. The highest BCUT2D eigenvalue weighted by Crippen LogP contribution is 2.31. The lowest BCUT2D eigenvalue weighted by Gasteiger charge is -2.38. The number of piperazine rings is 1. The van der Waals surface area contributed by atoms with Crippen molar-refractivity contribution in [1.82, 2.24) is 15.1 Å². The Hall–Kier alpha value is -2.49. The average molecular weight is 487 g/mol. The second-order valence-electron chi connectivity index (χ2n) is 11.2. The maximum absolute atomic E-state index is 13.5. The molecule has 0 radical (unpaired) electrons. The molecule has 1 unspecified atom stereocenters. The zero-order valence-electron chi connectivity index (χ0n) is 21.4. The Bertz CT molecular complexity index is 949. The maximum Gasteiger partial charge on any atom is 0.251 e. The van der Waals surface area contributed by atoms with Crippen molar-refractivity contribution in [2.45, 2.75) is 65.0 Å². The summed E-state index contributed by atoms with van der Waals surface area (Å²) in [6.07, 6.45) is -1.61. The fraction of sp³-hybridized carbons (Fsp3) is 0.654. The molecule has 9 nitrogen and oxygen atoms in total. The molecule has 3 fully saturated rings. The van der Waals surface area contributed by atoms with E-state index >= 15 is 0 Å². The van der Waals surface area contributed by atoms with E-state index in [9.17, 15) is 19.5 Å². The van der Waals surface area contributed by atoms with Crippen LogP contribution in [-0.4, -0.2) is 102 Å². The Labute approximate surface area is 207 Å². The van der Waals surface area contributed by atoms with Crippen molar-refractivity contribution in [3.05, 3.63) is 29.8 Å². The van der Waals surface area contributed by atoms with Gasteiger partial charge in [-0.3, -0.25) is 19.3 Å². The van der Waals surface area contributed by atoms with Gasteiger partial charge in [-0.05, 0) is 43.5 Å². The summed E-state index contributed by atoms with van der Waals surface area (Å²) in [5.41, 5.74) is 0.940. The molecule has 2 N–H and O–H groups in total. The van der Waals surface area contributed by atoms with Crippen molar-refractivity contribution in [2.75, 3.05) is 44.2 Å². The minimum Gasteiger partial charge on any atom is -0.388 e. The van der Waals surface area contributed by atoms with Gasteiger partial charge in [0.2, 0.25) is 5.91 Å². The van der Waals surface area contributed by atoms with Gasteiger partial charge < -0.3 is 25.0 Å². The Balaban J connectivity index is 1.44. The van der Waals surface area contributed by atoms with Crippen LogP contribution in [0.5, 0.6) is 0 Å². The Morgan fingerprint density at radius 3 is 2.29 bits per heavy atom. The second kappa shape index (κ2) is 9.87. The Morgan fingerprint density at radius 2 is 1.71 bits per heavy atom. The van der Waals surface area contributed by atoms with Crippen LogP contribution in [0.4, 0.5) is 5.69 Å². The van der Waals surface area contributed by atoms with Gasteiger partial charge in [0, 0.05) is 43.5 Å². The molecule has 3 aliphatic rings. The van der Waals surface area contributed by atoms with E-state index in [1.54, 1.807) is 12.1 Å². The number of rotatable bonds is 5. The average Bonchev–Trinajstić information content (AvgIpc) is 3.36. The molecule has 4 rings (SSSR count). The SMILES string of the molecule is CC(C)N1CCN(c2ccc(C(=O)NC(C(=O)N3C[C@@H](O)[C@H]4OCC(=O)[C@H]43)C(C)(C)C)cc2)CC1. The van der Waals surface area contributed by atoms with Crippen molar-refractivity contribution in [3.8, 4) is 0 Å². The van der Waals surface area contributed by atoms with Gasteiger partial charge in [-0.2, -0.15) is 0 Å². The van der Waals surface area contributed by atoms with Crippen LogP contribution < -0.4 is 10.2 Å². The molecule has 192 valence electrons. The molecule has 1 aromatic carbocycles.